The maximum atomic E-state index is 12.4. The second-order valence-corrected chi connectivity index (χ2v) is 7.37. The highest BCUT2D eigenvalue weighted by molar-refractivity contribution is 7.90. The van der Waals surface area contributed by atoms with Crippen LogP contribution >= 0.6 is 0 Å². The summed E-state index contributed by atoms with van der Waals surface area (Å²) in [6, 6.07) is 4.37. The van der Waals surface area contributed by atoms with Gasteiger partial charge in [0.15, 0.2) is 0 Å². The Bertz CT molecular complexity index is 666. The average Bonchev–Trinajstić information content (AvgIpc) is 3.00. The third-order valence-electron chi connectivity index (χ3n) is 4.06. The van der Waals surface area contributed by atoms with Gasteiger partial charge in [-0.2, -0.15) is 0 Å². The molecule has 0 unspecified atom stereocenters. The lowest BCUT2D eigenvalue weighted by Crippen LogP contribution is -2.33. The Labute approximate surface area is 124 Å². The van der Waals surface area contributed by atoms with Crippen molar-refractivity contribution in [3.8, 4) is 0 Å². The summed E-state index contributed by atoms with van der Waals surface area (Å²) in [5.74, 6) is -0.460. The van der Waals surface area contributed by atoms with Gasteiger partial charge in [-0.05, 0) is 57.1 Å². The molecule has 0 saturated carbocycles. The van der Waals surface area contributed by atoms with Crippen molar-refractivity contribution in [2.75, 3.05) is 31.9 Å². The number of amides is 1. The van der Waals surface area contributed by atoms with Crippen molar-refractivity contribution in [2.45, 2.75) is 24.2 Å². The minimum Gasteiger partial charge on any atom is -0.399 e. The zero-order chi connectivity index (χ0) is 15.0. The van der Waals surface area contributed by atoms with Crippen LogP contribution in [-0.2, 0) is 10.0 Å². The number of rotatable bonds is 4. The van der Waals surface area contributed by atoms with E-state index in [4.69, 9.17) is 5.73 Å². The van der Waals surface area contributed by atoms with Gasteiger partial charge in [0.05, 0.1) is 5.56 Å². The predicted octanol–water partition coefficient (Wildman–Crippen LogP) is 0.899. The normalized spacial score (nSPS) is 21.0. The lowest BCUT2D eigenvalue weighted by molar-refractivity contribution is 0.0867. The van der Waals surface area contributed by atoms with Crippen LogP contribution in [0.2, 0.25) is 0 Å². The lowest BCUT2D eigenvalue weighted by atomic mass is 10.2. The van der Waals surface area contributed by atoms with E-state index >= 15 is 0 Å². The fourth-order valence-corrected chi connectivity index (χ4v) is 4.56. The van der Waals surface area contributed by atoms with Crippen molar-refractivity contribution in [3.05, 3.63) is 23.8 Å². The average molecular weight is 309 g/mol. The molecule has 7 heteroatoms. The Kier molecular flexibility index (Phi) is 3.62. The molecule has 1 aromatic rings. The number of anilines is 1. The first-order valence-corrected chi connectivity index (χ1v) is 8.63. The van der Waals surface area contributed by atoms with Gasteiger partial charge in [-0.1, -0.05) is 0 Å². The molecule has 114 valence electrons. The molecular formula is C14H19N3O3S. The van der Waals surface area contributed by atoms with Crippen molar-refractivity contribution in [3.63, 3.8) is 0 Å². The standard InChI is InChI=1S/C14H19N3O3S/c15-11-4-5-13-12(10-11)14(18)17(21(13,19)20)9-3-8-16-6-1-2-7-16/h4-5,10H,1-3,6-9,15H2. The van der Waals surface area contributed by atoms with E-state index in [1.54, 1.807) is 0 Å². The molecule has 3 rings (SSSR count). The molecule has 1 amide bonds. The number of likely N-dealkylation sites (tertiary alicyclic amines) is 1. The van der Waals surface area contributed by atoms with Gasteiger partial charge in [0.25, 0.3) is 15.9 Å². The minimum atomic E-state index is -3.70. The van der Waals surface area contributed by atoms with Crippen LogP contribution in [0.5, 0.6) is 0 Å². The molecule has 0 atom stereocenters. The number of hydrogen-bond acceptors (Lipinski definition) is 5. The van der Waals surface area contributed by atoms with Crippen molar-refractivity contribution in [1.29, 1.82) is 0 Å². The molecule has 0 radical (unpaired) electrons. The Morgan fingerprint density at radius 2 is 1.86 bits per heavy atom. The monoisotopic (exact) mass is 309 g/mol. The van der Waals surface area contributed by atoms with Crippen LogP contribution in [0, 0.1) is 0 Å². The van der Waals surface area contributed by atoms with Crippen molar-refractivity contribution in [2.24, 2.45) is 0 Å². The Hall–Kier alpha value is -1.60. The number of sulfonamides is 1. The number of nitrogens with zero attached hydrogens (tertiary/aromatic N) is 2. The Morgan fingerprint density at radius 1 is 1.14 bits per heavy atom. The molecule has 0 aromatic heterocycles. The molecular weight excluding hydrogens is 290 g/mol. The van der Waals surface area contributed by atoms with Crippen LogP contribution < -0.4 is 5.73 Å². The predicted molar refractivity (Wildman–Crippen MR) is 79.4 cm³/mol. The van der Waals surface area contributed by atoms with Gasteiger partial charge >= 0.3 is 0 Å². The zero-order valence-corrected chi connectivity index (χ0v) is 12.6. The second kappa shape index (κ2) is 5.31. The van der Waals surface area contributed by atoms with Crippen LogP contribution in [0.15, 0.2) is 23.1 Å². The van der Waals surface area contributed by atoms with Gasteiger partial charge in [0, 0.05) is 12.2 Å². The van der Waals surface area contributed by atoms with E-state index in [0.717, 1.165) is 23.9 Å². The highest BCUT2D eigenvalue weighted by atomic mass is 32.2. The summed E-state index contributed by atoms with van der Waals surface area (Å²) in [4.78, 5) is 14.6. The van der Waals surface area contributed by atoms with Gasteiger partial charge in [0.1, 0.15) is 4.90 Å². The van der Waals surface area contributed by atoms with E-state index in [0.29, 0.717) is 12.1 Å². The first-order valence-electron chi connectivity index (χ1n) is 7.19. The third kappa shape index (κ3) is 2.51. The summed E-state index contributed by atoms with van der Waals surface area (Å²) >= 11 is 0. The largest absolute Gasteiger partial charge is 0.399 e. The molecule has 6 nitrogen and oxygen atoms in total. The van der Waals surface area contributed by atoms with E-state index < -0.39 is 15.9 Å². The van der Waals surface area contributed by atoms with Crippen LogP contribution in [0.25, 0.3) is 0 Å². The van der Waals surface area contributed by atoms with Gasteiger partial charge in [0.2, 0.25) is 0 Å². The van der Waals surface area contributed by atoms with Gasteiger partial charge < -0.3 is 10.6 Å². The van der Waals surface area contributed by atoms with Crippen molar-refractivity contribution < 1.29 is 13.2 Å². The van der Waals surface area contributed by atoms with Gasteiger partial charge in [-0.15, -0.1) is 0 Å². The summed E-state index contributed by atoms with van der Waals surface area (Å²) < 4.78 is 25.7. The van der Waals surface area contributed by atoms with E-state index in [1.165, 1.54) is 31.0 Å². The molecule has 2 aliphatic rings. The molecule has 2 N–H and O–H groups in total. The van der Waals surface area contributed by atoms with E-state index in [9.17, 15) is 13.2 Å². The minimum absolute atomic E-state index is 0.0721. The summed E-state index contributed by atoms with van der Waals surface area (Å²) in [6.45, 7) is 3.19. The van der Waals surface area contributed by atoms with E-state index in [2.05, 4.69) is 4.90 Å². The summed E-state index contributed by atoms with van der Waals surface area (Å²) in [7, 11) is -3.70. The Morgan fingerprint density at radius 3 is 2.57 bits per heavy atom. The van der Waals surface area contributed by atoms with Crippen LogP contribution in [-0.4, -0.2) is 49.7 Å². The molecule has 1 saturated heterocycles. The maximum absolute atomic E-state index is 12.4. The van der Waals surface area contributed by atoms with Crippen LogP contribution in [0.3, 0.4) is 0 Å². The van der Waals surface area contributed by atoms with Gasteiger partial charge in [-0.3, -0.25) is 4.79 Å². The number of hydrogen-bond donors (Lipinski definition) is 1. The molecule has 1 aromatic carbocycles. The molecule has 2 heterocycles. The maximum Gasteiger partial charge on any atom is 0.269 e. The quantitative estimate of drug-likeness (QED) is 0.835. The number of fused-ring (bicyclic) bond motifs is 1. The SMILES string of the molecule is Nc1ccc2c(c1)C(=O)N(CCCN1CCCC1)S2(=O)=O. The molecule has 0 bridgehead atoms. The number of carbonyl (C=O) groups excluding carboxylic acids is 1. The molecule has 2 aliphatic heterocycles. The van der Waals surface area contributed by atoms with Crippen LogP contribution in [0.4, 0.5) is 5.69 Å². The number of benzene rings is 1. The van der Waals surface area contributed by atoms with Crippen LogP contribution in [0.1, 0.15) is 29.6 Å². The summed E-state index contributed by atoms with van der Waals surface area (Å²) in [5.41, 5.74) is 6.23. The topological polar surface area (TPSA) is 83.7 Å². The number of nitrogen functional groups attached to an aromatic ring is 1. The summed E-state index contributed by atoms with van der Waals surface area (Å²) in [5, 5.41) is 0. The fourth-order valence-electron chi connectivity index (χ4n) is 2.97. The summed E-state index contributed by atoms with van der Waals surface area (Å²) in [6.07, 6.45) is 3.06. The highest BCUT2D eigenvalue weighted by Gasteiger charge is 2.40. The van der Waals surface area contributed by atoms with Crippen molar-refractivity contribution in [1.82, 2.24) is 9.21 Å². The fraction of sp³-hybridized carbons (Fsp3) is 0.500. The molecule has 0 aliphatic carbocycles. The Balaban J connectivity index is 1.73. The third-order valence-corrected chi connectivity index (χ3v) is 5.90. The first-order chi connectivity index (χ1) is 10.00. The molecule has 21 heavy (non-hydrogen) atoms. The smallest absolute Gasteiger partial charge is 0.269 e. The van der Waals surface area contributed by atoms with E-state index in [1.807, 2.05) is 0 Å². The van der Waals surface area contributed by atoms with E-state index in [-0.39, 0.29) is 17.0 Å². The number of nitrogens with two attached hydrogens (primary N) is 1. The zero-order valence-electron chi connectivity index (χ0n) is 11.8. The first kappa shape index (κ1) is 14.3. The van der Waals surface area contributed by atoms with Crippen molar-refractivity contribution >= 4 is 21.6 Å². The molecule has 0 spiro atoms. The van der Waals surface area contributed by atoms with Gasteiger partial charge in [-0.25, -0.2) is 12.7 Å². The molecule has 1 fully saturated rings. The lowest BCUT2D eigenvalue weighted by Gasteiger charge is -2.18. The second-order valence-electron chi connectivity index (χ2n) is 5.54. The number of carbonyl (C=O) groups is 1. The highest BCUT2D eigenvalue weighted by Crippen LogP contribution is 2.31.